The highest BCUT2D eigenvalue weighted by atomic mass is 32.2. The fraction of sp³-hybridized carbons (Fsp3) is 0.231. The lowest BCUT2D eigenvalue weighted by Crippen LogP contribution is -2.54. The first-order chi connectivity index (χ1) is 48.7. The fourth-order valence-electron chi connectivity index (χ4n) is 13.2. The van der Waals surface area contributed by atoms with Crippen molar-refractivity contribution < 1.29 is 44.9 Å². The van der Waals surface area contributed by atoms with Crippen molar-refractivity contribution in [3.8, 4) is 57.7 Å². The molecule has 100 heavy (non-hydrogen) atoms. The van der Waals surface area contributed by atoms with Crippen LogP contribution in [0.15, 0.2) is 206 Å². The highest BCUT2D eigenvalue weighted by molar-refractivity contribution is 7.86. The maximum absolute atomic E-state index is 12.5. The van der Waals surface area contributed by atoms with Crippen molar-refractivity contribution in [1.29, 1.82) is 10.5 Å². The highest BCUT2D eigenvalue weighted by Gasteiger charge is 2.38. The summed E-state index contributed by atoms with van der Waals surface area (Å²) in [7, 11) is -4.75. The second-order valence-electron chi connectivity index (χ2n) is 24.6. The van der Waals surface area contributed by atoms with Crippen molar-refractivity contribution in [3.05, 3.63) is 227 Å². The number of nitriles is 2. The molecule has 0 unspecified atom stereocenters. The van der Waals surface area contributed by atoms with Crippen LogP contribution in [0.25, 0.3) is 64.9 Å². The zero-order valence-corrected chi connectivity index (χ0v) is 58.8. The minimum atomic E-state index is -3.99. The first kappa shape index (κ1) is 70.1. The number of aromatic nitrogens is 4. The lowest BCUT2D eigenvalue weighted by molar-refractivity contribution is 0.304. The summed E-state index contributed by atoms with van der Waals surface area (Å²) in [4.78, 5) is 10.7. The highest BCUT2D eigenvalue weighted by Crippen LogP contribution is 2.40. The first-order valence-electron chi connectivity index (χ1n) is 33.6. The lowest BCUT2D eigenvalue weighted by atomic mass is 9.50. The number of rotatable bonds is 32. The van der Waals surface area contributed by atoms with E-state index >= 15 is 0 Å². The third-order valence-corrected chi connectivity index (χ3v) is 21.6. The topological polar surface area (TPSA) is 229 Å². The van der Waals surface area contributed by atoms with Gasteiger partial charge in [-0.3, -0.25) is 9.11 Å². The minimum Gasteiger partial charge on any atom is -0.497 e. The molecule has 12 aromatic rings. The average Bonchev–Trinajstić information content (AvgIpc) is 1.52. The van der Waals surface area contributed by atoms with E-state index in [1.807, 2.05) is 133 Å². The summed E-state index contributed by atoms with van der Waals surface area (Å²) in [5.74, 6) is 2.03. The van der Waals surface area contributed by atoms with Crippen LogP contribution in [-0.2, 0) is 20.2 Å². The van der Waals surface area contributed by atoms with Crippen LogP contribution in [0.3, 0.4) is 0 Å². The molecule has 0 amide bonds. The molecule has 22 heteroatoms. The van der Waals surface area contributed by atoms with Gasteiger partial charge in [-0.25, -0.2) is 9.97 Å². The third kappa shape index (κ3) is 16.4. The van der Waals surface area contributed by atoms with Crippen molar-refractivity contribution in [2.45, 2.75) is 77.0 Å². The third-order valence-electron chi connectivity index (χ3n) is 17.8. The van der Waals surface area contributed by atoms with Gasteiger partial charge in [0.2, 0.25) is 0 Å². The number of fused-ring (bicyclic) bond motifs is 3. The van der Waals surface area contributed by atoms with E-state index in [2.05, 4.69) is 93.9 Å². The fourth-order valence-corrected chi connectivity index (χ4v) is 16.2. The number of hydrogen-bond donors (Lipinski definition) is 2. The summed E-state index contributed by atoms with van der Waals surface area (Å²) in [5.41, 5.74) is 8.47. The zero-order chi connectivity index (χ0) is 69.6. The van der Waals surface area contributed by atoms with Crippen molar-refractivity contribution in [2.75, 3.05) is 38.9 Å². The summed E-state index contributed by atoms with van der Waals surface area (Å²) in [5, 5.41) is 28.5. The van der Waals surface area contributed by atoms with Crippen molar-refractivity contribution in [3.63, 3.8) is 0 Å². The minimum absolute atomic E-state index is 0.240. The van der Waals surface area contributed by atoms with E-state index in [0.29, 0.717) is 116 Å². The quantitative estimate of drug-likeness (QED) is 0.0227. The Hall–Kier alpha value is -9.77. The Balaban J connectivity index is 1.19. The normalized spacial score (nSPS) is 12.3. The summed E-state index contributed by atoms with van der Waals surface area (Å²) in [6, 6.07) is 74.3. The van der Waals surface area contributed by atoms with E-state index in [1.165, 1.54) is 22.7 Å². The van der Waals surface area contributed by atoms with E-state index < -0.39 is 33.9 Å². The summed E-state index contributed by atoms with van der Waals surface area (Å²) < 4.78 is 94.5. The molecule has 4 aromatic heterocycles. The second kappa shape index (κ2) is 32.5. The van der Waals surface area contributed by atoms with Crippen LogP contribution in [0.1, 0.15) is 87.1 Å². The molecule has 506 valence electrons. The smallest absolute Gasteiger partial charge is 0.328 e. The summed E-state index contributed by atoms with van der Waals surface area (Å²) in [6.07, 6.45) is 8.94. The Labute approximate surface area is 591 Å². The summed E-state index contributed by atoms with van der Waals surface area (Å²) >= 11 is 2.83. The second-order valence-corrected chi connectivity index (χ2v) is 29.8. The molecule has 8 aromatic carbocycles. The van der Waals surface area contributed by atoms with Crippen LogP contribution in [0, 0.1) is 22.7 Å². The number of methoxy groups -OCH3 is 2. The molecular weight excluding hydrogens is 1330 g/mol. The number of thiazole rings is 2. The molecular formula is C78H74B2N6O10S4. The van der Waals surface area contributed by atoms with E-state index in [0.717, 1.165) is 93.7 Å². The molecule has 0 aliphatic rings. The van der Waals surface area contributed by atoms with Crippen molar-refractivity contribution >= 4 is 121 Å². The Morgan fingerprint density at radius 2 is 0.740 bits per heavy atom. The zero-order valence-electron chi connectivity index (χ0n) is 55.6. The van der Waals surface area contributed by atoms with Crippen LogP contribution in [-0.4, -0.2) is 97.5 Å². The molecule has 0 aliphatic heterocycles. The molecule has 16 nitrogen and oxygen atoms in total. The molecule has 0 aliphatic carbocycles. The molecule has 0 bridgehead atoms. The Morgan fingerprint density at radius 3 is 1.05 bits per heavy atom. The van der Waals surface area contributed by atoms with Gasteiger partial charge in [0.05, 0.1) is 70.1 Å². The number of hydrogen-bond acceptors (Lipinski definition) is 14. The first-order valence-corrected chi connectivity index (χ1v) is 38.4. The van der Waals surface area contributed by atoms with Crippen LogP contribution >= 0.6 is 22.7 Å². The van der Waals surface area contributed by atoms with Crippen LogP contribution in [0.5, 0.6) is 23.0 Å². The van der Waals surface area contributed by atoms with Crippen LogP contribution in [0.2, 0.25) is 0 Å². The van der Waals surface area contributed by atoms with Gasteiger partial charge < -0.3 is 27.9 Å². The van der Waals surface area contributed by atoms with Gasteiger partial charge in [0.25, 0.3) is 20.2 Å². The number of ether oxygens (including phenoxy) is 4. The number of unbranched alkanes of at least 4 members (excludes halogenated alkanes) is 10. The maximum atomic E-state index is 12.5. The van der Waals surface area contributed by atoms with Gasteiger partial charge >= 0.3 is 13.7 Å². The molecule has 0 radical (unpaired) electrons. The van der Waals surface area contributed by atoms with Crippen molar-refractivity contribution in [1.82, 2.24) is 18.9 Å². The SMILES string of the molecule is COc1ccc2sc(/C(C#N)=c3/c4c(-c5ccc(OCCCCCCCCS(=O)(=O)O)cc5)n(B(c5ccccc5)c5ccccc5)/c(=C(/C#N)c5nc6cc(OC)ccc6s5)c4c(-c4ccc(OCCCCCCCCS(=O)(=O)O)cc4)n3B(c3ccccc3)c3ccccc3)nc2c1. The molecule has 0 fully saturated rings. The van der Waals surface area contributed by atoms with Gasteiger partial charge in [0.1, 0.15) is 56.3 Å². The monoisotopic (exact) mass is 1400 g/mol. The van der Waals surface area contributed by atoms with Crippen LogP contribution in [0.4, 0.5) is 0 Å². The van der Waals surface area contributed by atoms with E-state index in [9.17, 15) is 36.5 Å². The molecule has 0 saturated heterocycles. The van der Waals surface area contributed by atoms with E-state index in [4.69, 9.17) is 28.9 Å². The predicted octanol–water partition coefficient (Wildman–Crippen LogP) is 13.0. The maximum Gasteiger partial charge on any atom is 0.328 e. The molecule has 0 atom stereocenters. The Bertz CT molecular complexity index is 4870. The number of nitrogens with zero attached hydrogens (tertiary/aromatic N) is 6. The van der Waals surface area contributed by atoms with Gasteiger partial charge in [-0.15, -0.1) is 22.7 Å². The molecule has 12 rings (SSSR count). The molecule has 2 N–H and O–H groups in total. The van der Waals surface area contributed by atoms with Crippen molar-refractivity contribution in [2.24, 2.45) is 0 Å². The Morgan fingerprint density at radius 1 is 0.430 bits per heavy atom. The van der Waals surface area contributed by atoms with Gasteiger partial charge in [-0.2, -0.15) is 27.4 Å². The van der Waals surface area contributed by atoms with Crippen LogP contribution < -0.4 is 51.5 Å². The average molecular weight is 1410 g/mol. The van der Waals surface area contributed by atoms with Gasteiger partial charge in [-0.1, -0.05) is 195 Å². The van der Waals surface area contributed by atoms with Gasteiger partial charge in [0.15, 0.2) is 0 Å². The summed E-state index contributed by atoms with van der Waals surface area (Å²) in [6.45, 7) is -0.398. The molecule has 0 spiro atoms. The van der Waals surface area contributed by atoms with E-state index in [-0.39, 0.29) is 22.7 Å². The van der Waals surface area contributed by atoms with E-state index in [1.54, 1.807) is 14.2 Å². The van der Waals surface area contributed by atoms with Gasteiger partial charge in [0, 0.05) is 34.3 Å². The largest absolute Gasteiger partial charge is 0.497 e. The molecule has 0 saturated carbocycles. The molecule has 4 heterocycles. The standard InChI is InChI=1S/C78H74B2N6O10S4/c1-93-63-43-45-69-67(51-63)83-77(97-69)65(53-81)75-71-72(74(85(75)79(57-27-15-11-16-28-57)58-29-17-12-18-30-58)56-37-41-62(42-38-56)96-48-24-8-4-6-10-26-50-100(90,91)92)76(66(54-82)78-84-68-52-64(94-2)44-46-70(68)98-78)86(80(59-31-19-13-20-32-59)60-33-21-14-22-34-60)73(71)55-35-39-61(40-36-55)95-47-23-7-3-5-9-25-49-99(87,88)89/h11-22,27-46,51-52H,3-10,23-26,47-50H2,1-2H3,(H,87,88,89)(H,90,91,92)/b75-65-,76-66-. The predicted molar refractivity (Wildman–Crippen MR) is 404 cm³/mol. The number of benzene rings is 8. The lowest BCUT2D eigenvalue weighted by Gasteiger charge is -2.24. The van der Waals surface area contributed by atoms with Gasteiger partial charge in [-0.05, 0) is 110 Å². The Kier molecular flexibility index (Phi) is 22.8.